The summed E-state index contributed by atoms with van der Waals surface area (Å²) in [5.74, 6) is -0.478. The van der Waals surface area contributed by atoms with Gasteiger partial charge in [-0.1, -0.05) is 24.6 Å². The van der Waals surface area contributed by atoms with E-state index in [1.807, 2.05) is 38.1 Å². The van der Waals surface area contributed by atoms with E-state index in [4.69, 9.17) is 9.15 Å². The van der Waals surface area contributed by atoms with Crippen molar-refractivity contribution in [1.29, 1.82) is 0 Å². The Hall–Kier alpha value is -3.13. The zero-order valence-corrected chi connectivity index (χ0v) is 18.5. The minimum absolute atomic E-state index is 0.0392. The molecule has 4 rings (SSSR count). The molecular formula is C24H29N3O5. The van der Waals surface area contributed by atoms with Crippen molar-refractivity contribution < 1.29 is 23.5 Å². The molecule has 2 aliphatic heterocycles. The number of carbonyl (C=O) groups excluding carboxylic acids is 3. The van der Waals surface area contributed by atoms with Gasteiger partial charge in [-0.05, 0) is 37.6 Å². The molecule has 3 heterocycles. The Balaban J connectivity index is 1.54. The number of hydrogen-bond donors (Lipinski definition) is 1. The van der Waals surface area contributed by atoms with E-state index >= 15 is 0 Å². The van der Waals surface area contributed by atoms with Crippen molar-refractivity contribution in [3.05, 3.63) is 59.5 Å². The minimum Gasteiger partial charge on any atom is -0.459 e. The SMILES string of the molecule is CCCNC(=O)C1COC2(CCN(C(=O)c3cccc(C)c3)CC2)N1C(=O)c1ccco1. The smallest absolute Gasteiger partial charge is 0.292 e. The first-order valence-electron chi connectivity index (χ1n) is 11.1. The first kappa shape index (κ1) is 22.1. The summed E-state index contributed by atoms with van der Waals surface area (Å²) < 4.78 is 11.5. The standard InChI is InChI=1S/C24H29N3O5/c1-3-11-25-21(28)19-16-32-24(27(19)23(30)20-8-5-14-31-20)9-12-26(13-10-24)22(29)18-7-4-6-17(2)15-18/h4-8,14-15,19H,3,9-13,16H2,1-2H3,(H,25,28). The Bertz CT molecular complexity index is 979. The highest BCUT2D eigenvalue weighted by Crippen LogP contribution is 2.38. The van der Waals surface area contributed by atoms with E-state index in [1.54, 1.807) is 17.0 Å². The predicted octanol–water partition coefficient (Wildman–Crippen LogP) is 2.59. The average molecular weight is 440 g/mol. The van der Waals surface area contributed by atoms with Gasteiger partial charge in [0.2, 0.25) is 5.91 Å². The third kappa shape index (κ3) is 4.14. The lowest BCUT2D eigenvalue weighted by Gasteiger charge is -2.44. The summed E-state index contributed by atoms with van der Waals surface area (Å²) in [6, 6.07) is 10.0. The van der Waals surface area contributed by atoms with E-state index in [0.29, 0.717) is 38.0 Å². The molecule has 1 aromatic heterocycles. The van der Waals surface area contributed by atoms with Gasteiger partial charge in [-0.25, -0.2) is 0 Å². The predicted molar refractivity (Wildman–Crippen MR) is 117 cm³/mol. The fourth-order valence-corrected chi connectivity index (χ4v) is 4.47. The number of hydrogen-bond acceptors (Lipinski definition) is 5. The van der Waals surface area contributed by atoms with Gasteiger partial charge in [-0.3, -0.25) is 19.3 Å². The van der Waals surface area contributed by atoms with Gasteiger partial charge in [0, 0.05) is 38.0 Å². The molecule has 1 unspecified atom stereocenters. The molecule has 170 valence electrons. The van der Waals surface area contributed by atoms with Crippen LogP contribution in [0, 0.1) is 6.92 Å². The first-order valence-corrected chi connectivity index (χ1v) is 11.1. The maximum atomic E-state index is 13.3. The molecule has 8 nitrogen and oxygen atoms in total. The lowest BCUT2D eigenvalue weighted by atomic mass is 9.96. The summed E-state index contributed by atoms with van der Waals surface area (Å²) >= 11 is 0. The van der Waals surface area contributed by atoms with Gasteiger partial charge in [0.05, 0.1) is 12.9 Å². The highest BCUT2D eigenvalue weighted by molar-refractivity contribution is 5.97. The van der Waals surface area contributed by atoms with E-state index in [0.717, 1.165) is 12.0 Å². The number of ether oxygens (including phenoxy) is 1. The van der Waals surface area contributed by atoms with Gasteiger partial charge in [0.15, 0.2) is 5.76 Å². The number of nitrogens with one attached hydrogen (secondary N) is 1. The second-order valence-electron chi connectivity index (χ2n) is 8.38. The van der Waals surface area contributed by atoms with Crippen molar-refractivity contribution in [2.75, 3.05) is 26.2 Å². The Morgan fingerprint density at radius 3 is 2.56 bits per heavy atom. The van der Waals surface area contributed by atoms with Crippen LogP contribution < -0.4 is 5.32 Å². The number of carbonyl (C=O) groups is 3. The molecule has 1 spiro atoms. The third-order valence-electron chi connectivity index (χ3n) is 6.16. The quantitative estimate of drug-likeness (QED) is 0.773. The second-order valence-corrected chi connectivity index (χ2v) is 8.38. The van der Waals surface area contributed by atoms with Gasteiger partial charge in [-0.15, -0.1) is 0 Å². The van der Waals surface area contributed by atoms with Crippen LogP contribution in [0.3, 0.4) is 0 Å². The molecule has 0 aliphatic carbocycles. The maximum absolute atomic E-state index is 13.3. The molecule has 1 N–H and O–H groups in total. The van der Waals surface area contributed by atoms with Gasteiger partial charge in [0.1, 0.15) is 11.8 Å². The average Bonchev–Trinajstić information content (AvgIpc) is 3.46. The molecule has 2 aromatic rings. The summed E-state index contributed by atoms with van der Waals surface area (Å²) in [6.07, 6.45) is 3.09. The van der Waals surface area contributed by atoms with E-state index in [-0.39, 0.29) is 30.1 Å². The molecule has 1 aromatic carbocycles. The molecular weight excluding hydrogens is 410 g/mol. The summed E-state index contributed by atoms with van der Waals surface area (Å²) in [4.78, 5) is 42.4. The monoisotopic (exact) mass is 439 g/mol. The summed E-state index contributed by atoms with van der Waals surface area (Å²) in [7, 11) is 0. The molecule has 2 aliphatic rings. The van der Waals surface area contributed by atoms with Crippen molar-refractivity contribution in [2.45, 2.75) is 44.9 Å². The van der Waals surface area contributed by atoms with E-state index in [2.05, 4.69) is 5.32 Å². The van der Waals surface area contributed by atoms with Crippen LogP contribution in [0.2, 0.25) is 0 Å². The highest BCUT2D eigenvalue weighted by Gasteiger charge is 2.54. The second kappa shape index (κ2) is 9.16. The molecule has 3 amide bonds. The maximum Gasteiger partial charge on any atom is 0.292 e. The van der Waals surface area contributed by atoms with Crippen molar-refractivity contribution in [3.8, 4) is 0 Å². The van der Waals surface area contributed by atoms with Crippen molar-refractivity contribution >= 4 is 17.7 Å². The zero-order valence-electron chi connectivity index (χ0n) is 18.5. The number of piperidine rings is 1. The minimum atomic E-state index is -0.943. The number of likely N-dealkylation sites (tertiary alicyclic amines) is 1. The fourth-order valence-electron chi connectivity index (χ4n) is 4.47. The molecule has 2 fully saturated rings. The van der Waals surface area contributed by atoms with E-state index in [9.17, 15) is 14.4 Å². The van der Waals surface area contributed by atoms with Crippen LogP contribution in [-0.4, -0.2) is 65.5 Å². The van der Waals surface area contributed by atoms with Crippen LogP contribution in [0.5, 0.6) is 0 Å². The van der Waals surface area contributed by atoms with Gasteiger partial charge < -0.3 is 19.4 Å². The molecule has 0 radical (unpaired) electrons. The first-order chi connectivity index (χ1) is 15.4. The number of nitrogens with zero attached hydrogens (tertiary/aromatic N) is 2. The number of rotatable bonds is 5. The molecule has 1 atom stereocenters. The number of furan rings is 1. The topological polar surface area (TPSA) is 92.1 Å². The summed E-state index contributed by atoms with van der Waals surface area (Å²) in [5, 5.41) is 2.87. The third-order valence-corrected chi connectivity index (χ3v) is 6.16. The Morgan fingerprint density at radius 1 is 1.12 bits per heavy atom. The normalized spacial score (nSPS) is 19.9. The van der Waals surface area contributed by atoms with Crippen LogP contribution in [0.25, 0.3) is 0 Å². The Morgan fingerprint density at radius 2 is 1.91 bits per heavy atom. The van der Waals surface area contributed by atoms with E-state index in [1.165, 1.54) is 11.2 Å². The molecule has 0 saturated carbocycles. The Kier molecular flexibility index (Phi) is 6.32. The van der Waals surface area contributed by atoms with Gasteiger partial charge >= 0.3 is 0 Å². The van der Waals surface area contributed by atoms with Crippen LogP contribution in [0.4, 0.5) is 0 Å². The van der Waals surface area contributed by atoms with E-state index < -0.39 is 11.8 Å². The van der Waals surface area contributed by atoms with Crippen LogP contribution >= 0.6 is 0 Å². The van der Waals surface area contributed by atoms with Crippen molar-refractivity contribution in [2.24, 2.45) is 0 Å². The summed E-state index contributed by atoms with van der Waals surface area (Å²) in [6.45, 7) is 5.43. The number of benzene rings is 1. The molecule has 32 heavy (non-hydrogen) atoms. The number of aryl methyl sites for hydroxylation is 1. The van der Waals surface area contributed by atoms with Crippen LogP contribution in [0.15, 0.2) is 47.1 Å². The van der Waals surface area contributed by atoms with Crippen molar-refractivity contribution in [1.82, 2.24) is 15.1 Å². The Labute approximate surface area is 187 Å². The lowest BCUT2D eigenvalue weighted by molar-refractivity contribution is -0.128. The van der Waals surface area contributed by atoms with Gasteiger partial charge in [-0.2, -0.15) is 0 Å². The zero-order chi connectivity index (χ0) is 22.7. The molecule has 0 bridgehead atoms. The lowest BCUT2D eigenvalue weighted by Crippen LogP contribution is -2.59. The largest absolute Gasteiger partial charge is 0.459 e. The summed E-state index contributed by atoms with van der Waals surface area (Å²) in [5.41, 5.74) is 0.731. The number of amides is 3. The molecule has 2 saturated heterocycles. The van der Waals surface area contributed by atoms with Gasteiger partial charge in [0.25, 0.3) is 11.8 Å². The van der Waals surface area contributed by atoms with Crippen LogP contribution in [0.1, 0.15) is 52.7 Å². The molecule has 8 heteroatoms. The van der Waals surface area contributed by atoms with Crippen LogP contribution in [-0.2, 0) is 9.53 Å². The highest BCUT2D eigenvalue weighted by atomic mass is 16.5. The fraction of sp³-hybridized carbons (Fsp3) is 0.458. The van der Waals surface area contributed by atoms with Crippen molar-refractivity contribution in [3.63, 3.8) is 0 Å².